The summed E-state index contributed by atoms with van der Waals surface area (Å²) in [6.07, 6.45) is 13.0. The first-order valence-corrected chi connectivity index (χ1v) is 10.4. The second-order valence-corrected chi connectivity index (χ2v) is 9.65. The Morgan fingerprint density at radius 2 is 1.96 bits per heavy atom. The van der Waals surface area contributed by atoms with Crippen LogP contribution in [0.3, 0.4) is 0 Å². The highest BCUT2D eigenvalue weighted by molar-refractivity contribution is 6.01. The number of allylic oxidation sites excluding steroid dienone is 4. The van der Waals surface area contributed by atoms with Crippen molar-refractivity contribution < 1.29 is 14.3 Å². The van der Waals surface area contributed by atoms with Gasteiger partial charge >= 0.3 is 5.97 Å². The minimum atomic E-state index is -0.157. The maximum atomic E-state index is 11.9. The summed E-state index contributed by atoms with van der Waals surface area (Å²) in [5.74, 6) is 2.57. The Morgan fingerprint density at radius 3 is 2.69 bits per heavy atom. The van der Waals surface area contributed by atoms with Gasteiger partial charge in [-0.05, 0) is 80.8 Å². The molecule has 0 spiro atoms. The lowest BCUT2D eigenvalue weighted by Gasteiger charge is -2.57. The third kappa shape index (κ3) is 2.53. The van der Waals surface area contributed by atoms with Crippen LogP contribution in [-0.2, 0) is 14.3 Å². The molecule has 0 heterocycles. The first-order chi connectivity index (χ1) is 12.3. The van der Waals surface area contributed by atoms with E-state index in [0.29, 0.717) is 17.8 Å². The minimum absolute atomic E-state index is 0.0147. The zero-order valence-corrected chi connectivity index (χ0v) is 16.6. The fourth-order valence-electron chi connectivity index (χ4n) is 7.35. The van der Waals surface area contributed by atoms with Crippen LogP contribution in [0, 0.1) is 34.5 Å². The van der Waals surface area contributed by atoms with Gasteiger partial charge in [-0.15, -0.1) is 0 Å². The van der Waals surface area contributed by atoms with Crippen molar-refractivity contribution in [2.24, 2.45) is 34.5 Å². The zero-order chi connectivity index (χ0) is 18.7. The largest absolute Gasteiger partial charge is 0.463 e. The van der Waals surface area contributed by atoms with Gasteiger partial charge in [0, 0.05) is 18.3 Å². The van der Waals surface area contributed by atoms with Gasteiger partial charge in [-0.2, -0.15) is 0 Å². The highest BCUT2D eigenvalue weighted by Gasteiger charge is 2.59. The van der Waals surface area contributed by atoms with E-state index in [1.54, 1.807) is 6.08 Å². The molecule has 0 saturated heterocycles. The second-order valence-electron chi connectivity index (χ2n) is 9.65. The van der Waals surface area contributed by atoms with Crippen LogP contribution in [0.1, 0.15) is 66.2 Å². The van der Waals surface area contributed by atoms with Gasteiger partial charge in [-0.25, -0.2) is 0 Å². The molecule has 0 N–H and O–H groups in total. The Hall–Kier alpha value is -1.38. The van der Waals surface area contributed by atoms with Crippen LogP contribution in [0.2, 0.25) is 0 Å². The lowest BCUT2D eigenvalue weighted by molar-refractivity contribution is -0.152. The fraction of sp³-hybridized carbons (Fsp3) is 0.739. The second kappa shape index (κ2) is 6.07. The molecule has 4 aliphatic carbocycles. The molecule has 4 rings (SSSR count). The van der Waals surface area contributed by atoms with Crippen molar-refractivity contribution >= 4 is 11.8 Å². The lowest BCUT2D eigenvalue weighted by atomic mass is 9.47. The molecule has 3 fully saturated rings. The molecule has 0 unspecified atom stereocenters. The number of carbonyl (C=O) groups excluding carboxylic acids is 2. The van der Waals surface area contributed by atoms with Gasteiger partial charge in [-0.1, -0.05) is 25.5 Å². The van der Waals surface area contributed by atoms with E-state index in [1.165, 1.54) is 44.6 Å². The summed E-state index contributed by atoms with van der Waals surface area (Å²) in [6, 6.07) is 0. The quantitative estimate of drug-likeness (QED) is 0.664. The first-order valence-electron chi connectivity index (χ1n) is 10.4. The maximum Gasteiger partial charge on any atom is 0.302 e. The van der Waals surface area contributed by atoms with Crippen LogP contribution >= 0.6 is 0 Å². The minimum Gasteiger partial charge on any atom is -0.463 e. The van der Waals surface area contributed by atoms with E-state index >= 15 is 0 Å². The van der Waals surface area contributed by atoms with E-state index in [9.17, 15) is 9.59 Å². The fourth-order valence-corrected chi connectivity index (χ4v) is 7.35. The number of ketones is 1. The normalized spacial score (nSPS) is 45.2. The van der Waals surface area contributed by atoms with Gasteiger partial charge in [0.1, 0.15) is 6.10 Å². The number of rotatable bonds is 2. The molecule has 0 radical (unpaired) electrons. The van der Waals surface area contributed by atoms with Gasteiger partial charge < -0.3 is 4.74 Å². The molecule has 3 nitrogen and oxygen atoms in total. The number of hydrogen-bond acceptors (Lipinski definition) is 3. The third-order valence-corrected chi connectivity index (χ3v) is 8.55. The smallest absolute Gasteiger partial charge is 0.302 e. The molecule has 3 saturated carbocycles. The van der Waals surface area contributed by atoms with Gasteiger partial charge in [0.25, 0.3) is 0 Å². The molecule has 3 heteroatoms. The molecule has 142 valence electrons. The number of carbonyl (C=O) groups is 2. The Morgan fingerprint density at radius 1 is 1.19 bits per heavy atom. The summed E-state index contributed by atoms with van der Waals surface area (Å²) < 4.78 is 5.61. The molecular formula is C23H32O3. The van der Waals surface area contributed by atoms with Crippen molar-refractivity contribution in [1.29, 1.82) is 0 Å². The average molecular weight is 357 g/mol. The van der Waals surface area contributed by atoms with Crippen LogP contribution in [0.4, 0.5) is 0 Å². The Kier molecular flexibility index (Phi) is 4.20. The Bertz CT molecular complexity index is 690. The zero-order valence-electron chi connectivity index (χ0n) is 16.6. The predicted octanol–water partition coefficient (Wildman–Crippen LogP) is 4.86. The summed E-state index contributed by atoms with van der Waals surface area (Å²) in [6.45, 7) is 8.42. The molecule has 26 heavy (non-hydrogen) atoms. The van der Waals surface area contributed by atoms with E-state index in [-0.39, 0.29) is 28.7 Å². The molecule has 0 aromatic carbocycles. The topological polar surface area (TPSA) is 43.4 Å². The van der Waals surface area contributed by atoms with E-state index in [2.05, 4.69) is 26.8 Å². The van der Waals surface area contributed by atoms with Gasteiger partial charge in [0.2, 0.25) is 0 Å². The van der Waals surface area contributed by atoms with Crippen LogP contribution in [0.25, 0.3) is 0 Å². The van der Waals surface area contributed by atoms with Crippen molar-refractivity contribution in [3.8, 4) is 0 Å². The number of esters is 1. The van der Waals surface area contributed by atoms with Crippen molar-refractivity contribution in [3.05, 3.63) is 23.8 Å². The lowest BCUT2D eigenvalue weighted by Crippen LogP contribution is -2.50. The Balaban J connectivity index is 1.60. The first kappa shape index (κ1) is 18.0. The highest BCUT2D eigenvalue weighted by Crippen LogP contribution is 2.66. The summed E-state index contributed by atoms with van der Waals surface area (Å²) in [5, 5.41) is 0. The summed E-state index contributed by atoms with van der Waals surface area (Å²) in [7, 11) is 0. The highest BCUT2D eigenvalue weighted by atomic mass is 16.5. The molecule has 0 aliphatic heterocycles. The van der Waals surface area contributed by atoms with Gasteiger partial charge in [-0.3, -0.25) is 9.59 Å². The van der Waals surface area contributed by atoms with E-state index in [0.717, 1.165) is 12.3 Å². The number of ether oxygens (including phenoxy) is 1. The maximum absolute atomic E-state index is 11.9. The van der Waals surface area contributed by atoms with Crippen molar-refractivity contribution in [2.75, 3.05) is 0 Å². The summed E-state index contributed by atoms with van der Waals surface area (Å²) >= 11 is 0. The predicted molar refractivity (Wildman–Crippen MR) is 101 cm³/mol. The molecule has 0 aromatic heterocycles. The molecule has 7 atom stereocenters. The van der Waals surface area contributed by atoms with Gasteiger partial charge in [0.05, 0.1) is 0 Å². The molecule has 4 aliphatic rings. The number of hydrogen-bond donors (Lipinski definition) is 0. The molecule has 0 aromatic rings. The summed E-state index contributed by atoms with van der Waals surface area (Å²) in [5.41, 5.74) is 1.71. The van der Waals surface area contributed by atoms with Crippen LogP contribution in [-0.4, -0.2) is 17.9 Å². The molecular weight excluding hydrogens is 324 g/mol. The SMILES string of the molecule is CC(=O)O[C@H](C)[C@H]1CC[C@H]2[C@@H]3CCC4=CC(=O)C=C[C@]4(C)[C@H]3CC[C@]12C. The Labute approximate surface area is 157 Å². The standard InChI is InChI=1S/C23H32O3/c1-14(26-15(2)24)19-7-8-20-18-6-5-16-13-17(25)9-11-22(16,3)21(18)10-12-23(19,20)4/h9,11,13-14,18-21H,5-8,10,12H2,1-4H3/t14-,18+,19-,20+,21+,22+,23-/m1/s1. The van der Waals surface area contributed by atoms with Crippen molar-refractivity contribution in [2.45, 2.75) is 72.3 Å². The van der Waals surface area contributed by atoms with E-state index in [1.807, 2.05) is 6.08 Å². The molecule has 0 amide bonds. The average Bonchev–Trinajstić information content (AvgIpc) is 2.92. The van der Waals surface area contributed by atoms with Crippen molar-refractivity contribution in [3.63, 3.8) is 0 Å². The van der Waals surface area contributed by atoms with Gasteiger partial charge in [0.15, 0.2) is 5.78 Å². The van der Waals surface area contributed by atoms with E-state index in [4.69, 9.17) is 4.74 Å². The van der Waals surface area contributed by atoms with Crippen molar-refractivity contribution in [1.82, 2.24) is 0 Å². The monoisotopic (exact) mass is 356 g/mol. The summed E-state index contributed by atoms with van der Waals surface area (Å²) in [4.78, 5) is 23.3. The van der Waals surface area contributed by atoms with Crippen LogP contribution < -0.4 is 0 Å². The third-order valence-electron chi connectivity index (χ3n) is 8.55. The van der Waals surface area contributed by atoms with Crippen LogP contribution in [0.15, 0.2) is 23.8 Å². The number of fused-ring (bicyclic) bond motifs is 5. The van der Waals surface area contributed by atoms with Crippen LogP contribution in [0.5, 0.6) is 0 Å². The van der Waals surface area contributed by atoms with E-state index < -0.39 is 0 Å². The molecule has 0 bridgehead atoms.